The Morgan fingerprint density at radius 1 is 0.909 bits per heavy atom. The van der Waals surface area contributed by atoms with E-state index in [1.165, 1.54) is 57.5 Å². The number of halogens is 1. The molecule has 22 heavy (non-hydrogen) atoms. The first-order valence-electron chi connectivity index (χ1n) is 8.46. The highest BCUT2D eigenvalue weighted by Crippen LogP contribution is 2.35. The van der Waals surface area contributed by atoms with Gasteiger partial charge in [0.05, 0.1) is 5.52 Å². The van der Waals surface area contributed by atoms with Gasteiger partial charge in [-0.15, -0.1) is 0 Å². The predicted octanol–water partition coefficient (Wildman–Crippen LogP) is 6.70. The average molecular weight is 358 g/mol. The van der Waals surface area contributed by atoms with Crippen LogP contribution in [0.3, 0.4) is 0 Å². The fourth-order valence-corrected chi connectivity index (χ4v) is 4.06. The smallest absolute Gasteiger partial charge is 0.0535 e. The first-order chi connectivity index (χ1) is 10.8. The highest BCUT2D eigenvalue weighted by Gasteiger charge is 2.14. The maximum absolute atomic E-state index is 3.75. The van der Waals surface area contributed by atoms with Crippen LogP contribution in [0.4, 0.5) is 0 Å². The van der Waals surface area contributed by atoms with Crippen LogP contribution in [-0.2, 0) is 13.0 Å². The van der Waals surface area contributed by atoms with Gasteiger partial charge < -0.3 is 4.57 Å². The quantitative estimate of drug-likeness (QED) is 0.432. The molecule has 0 aliphatic heterocycles. The van der Waals surface area contributed by atoms with E-state index in [0.717, 1.165) is 13.0 Å². The Labute approximate surface area is 141 Å². The van der Waals surface area contributed by atoms with E-state index in [4.69, 9.17) is 0 Å². The van der Waals surface area contributed by atoms with Crippen LogP contribution in [0.15, 0.2) is 40.9 Å². The van der Waals surface area contributed by atoms with Gasteiger partial charge in [0, 0.05) is 27.3 Å². The molecule has 0 amide bonds. The van der Waals surface area contributed by atoms with Gasteiger partial charge in [-0.1, -0.05) is 73.3 Å². The monoisotopic (exact) mass is 357 g/mol. The lowest BCUT2D eigenvalue weighted by Crippen LogP contribution is -2.00. The highest BCUT2D eigenvalue weighted by atomic mass is 79.9. The summed E-state index contributed by atoms with van der Waals surface area (Å²) in [6.45, 7) is 5.64. The minimum Gasteiger partial charge on any atom is -0.340 e. The molecule has 2 heteroatoms. The van der Waals surface area contributed by atoms with Crippen LogP contribution in [0.2, 0.25) is 0 Å². The fourth-order valence-electron chi connectivity index (χ4n) is 3.46. The summed E-state index contributed by atoms with van der Waals surface area (Å²) in [6.07, 6.45) is 6.26. The SMILES string of the molecule is CCCCCCn1c2ccccc2c2ccc(Br)c(CC)c21. The van der Waals surface area contributed by atoms with Crippen LogP contribution < -0.4 is 0 Å². The van der Waals surface area contributed by atoms with E-state index in [0.29, 0.717) is 0 Å². The van der Waals surface area contributed by atoms with Gasteiger partial charge in [0.2, 0.25) is 0 Å². The number of para-hydroxylation sites is 1. The van der Waals surface area contributed by atoms with E-state index in [-0.39, 0.29) is 0 Å². The predicted molar refractivity (Wildman–Crippen MR) is 101 cm³/mol. The number of benzene rings is 2. The largest absolute Gasteiger partial charge is 0.340 e. The van der Waals surface area contributed by atoms with Crippen molar-refractivity contribution in [2.24, 2.45) is 0 Å². The first-order valence-corrected chi connectivity index (χ1v) is 9.25. The maximum atomic E-state index is 3.75. The summed E-state index contributed by atoms with van der Waals surface area (Å²) in [7, 11) is 0. The molecule has 3 rings (SSSR count). The fraction of sp³-hybridized carbons (Fsp3) is 0.400. The van der Waals surface area contributed by atoms with Crippen LogP contribution in [0, 0.1) is 0 Å². The third-order valence-corrected chi connectivity index (χ3v) is 5.31. The first kappa shape index (κ1) is 15.6. The molecular weight excluding hydrogens is 334 g/mol. The number of hydrogen-bond donors (Lipinski definition) is 0. The molecule has 0 aliphatic carbocycles. The lowest BCUT2D eigenvalue weighted by atomic mass is 10.1. The van der Waals surface area contributed by atoms with Crippen molar-refractivity contribution in [1.82, 2.24) is 4.57 Å². The third-order valence-electron chi connectivity index (χ3n) is 4.57. The topological polar surface area (TPSA) is 4.93 Å². The van der Waals surface area contributed by atoms with Gasteiger partial charge in [-0.2, -0.15) is 0 Å². The van der Waals surface area contributed by atoms with Crippen LogP contribution in [-0.4, -0.2) is 4.57 Å². The van der Waals surface area contributed by atoms with E-state index >= 15 is 0 Å². The van der Waals surface area contributed by atoms with E-state index < -0.39 is 0 Å². The average Bonchev–Trinajstić information content (AvgIpc) is 2.86. The Bertz CT molecular complexity index is 785. The molecule has 0 N–H and O–H groups in total. The Morgan fingerprint density at radius 2 is 1.73 bits per heavy atom. The molecular formula is C20H24BrN. The van der Waals surface area contributed by atoms with Crippen LogP contribution in [0.25, 0.3) is 21.8 Å². The van der Waals surface area contributed by atoms with Crippen molar-refractivity contribution in [3.8, 4) is 0 Å². The van der Waals surface area contributed by atoms with E-state index in [2.05, 4.69) is 70.7 Å². The zero-order valence-electron chi connectivity index (χ0n) is 13.5. The summed E-state index contributed by atoms with van der Waals surface area (Å²) in [4.78, 5) is 0. The van der Waals surface area contributed by atoms with Crippen molar-refractivity contribution < 1.29 is 0 Å². The molecule has 0 aliphatic rings. The number of hydrogen-bond acceptors (Lipinski definition) is 0. The number of fused-ring (bicyclic) bond motifs is 3. The van der Waals surface area contributed by atoms with Crippen molar-refractivity contribution >= 4 is 37.7 Å². The summed E-state index contributed by atoms with van der Waals surface area (Å²) in [5.74, 6) is 0. The minimum atomic E-state index is 1.06. The zero-order chi connectivity index (χ0) is 15.5. The molecule has 1 nitrogen and oxygen atoms in total. The summed E-state index contributed by atoms with van der Waals surface area (Å²) >= 11 is 3.75. The lowest BCUT2D eigenvalue weighted by molar-refractivity contribution is 0.601. The molecule has 0 bridgehead atoms. The number of unbranched alkanes of at least 4 members (excludes halogenated alkanes) is 3. The minimum absolute atomic E-state index is 1.06. The van der Waals surface area contributed by atoms with E-state index in [1.54, 1.807) is 0 Å². The molecule has 1 aromatic heterocycles. The summed E-state index contributed by atoms with van der Waals surface area (Å²) < 4.78 is 3.78. The third kappa shape index (κ3) is 2.69. The second-order valence-corrected chi connectivity index (χ2v) is 6.86. The second-order valence-electron chi connectivity index (χ2n) is 6.01. The van der Waals surface area contributed by atoms with Crippen molar-refractivity contribution in [2.75, 3.05) is 0 Å². The molecule has 0 atom stereocenters. The van der Waals surface area contributed by atoms with Crippen molar-refractivity contribution in [2.45, 2.75) is 52.5 Å². The van der Waals surface area contributed by atoms with Crippen LogP contribution in [0.1, 0.15) is 45.1 Å². The van der Waals surface area contributed by atoms with Crippen LogP contribution in [0.5, 0.6) is 0 Å². The summed E-state index contributed by atoms with van der Waals surface area (Å²) in [6, 6.07) is 13.3. The number of rotatable bonds is 6. The normalized spacial score (nSPS) is 11.6. The van der Waals surface area contributed by atoms with Gasteiger partial charge in [0.15, 0.2) is 0 Å². The molecule has 3 aromatic rings. The van der Waals surface area contributed by atoms with Gasteiger partial charge in [0.25, 0.3) is 0 Å². The van der Waals surface area contributed by atoms with Gasteiger partial charge in [-0.05, 0) is 30.5 Å². The molecule has 1 heterocycles. The van der Waals surface area contributed by atoms with Crippen LogP contribution >= 0.6 is 15.9 Å². The zero-order valence-corrected chi connectivity index (χ0v) is 15.1. The second kappa shape index (κ2) is 6.87. The van der Waals surface area contributed by atoms with Crippen molar-refractivity contribution in [1.29, 1.82) is 0 Å². The molecule has 0 spiro atoms. The number of aryl methyl sites for hydroxylation is 2. The molecule has 0 unspecified atom stereocenters. The number of aromatic nitrogens is 1. The summed E-state index contributed by atoms with van der Waals surface area (Å²) in [5, 5.41) is 2.78. The highest BCUT2D eigenvalue weighted by molar-refractivity contribution is 9.10. The van der Waals surface area contributed by atoms with E-state index in [1.807, 2.05) is 0 Å². The van der Waals surface area contributed by atoms with Gasteiger partial charge in [-0.3, -0.25) is 0 Å². The Balaban J connectivity index is 2.18. The van der Waals surface area contributed by atoms with Crippen molar-refractivity contribution in [3.63, 3.8) is 0 Å². The molecule has 0 saturated heterocycles. The standard InChI is InChI=1S/C20H24BrN/c1-3-5-6-9-14-22-19-11-8-7-10-16(19)17-12-13-18(21)15(4-2)20(17)22/h7-8,10-13H,3-6,9,14H2,1-2H3. The molecule has 0 fully saturated rings. The Hall–Kier alpha value is -1.28. The van der Waals surface area contributed by atoms with Crippen molar-refractivity contribution in [3.05, 3.63) is 46.4 Å². The van der Waals surface area contributed by atoms with E-state index in [9.17, 15) is 0 Å². The Kier molecular flexibility index (Phi) is 4.87. The molecule has 0 saturated carbocycles. The molecule has 2 aromatic carbocycles. The lowest BCUT2D eigenvalue weighted by Gasteiger charge is -2.11. The van der Waals surface area contributed by atoms with Gasteiger partial charge in [-0.25, -0.2) is 0 Å². The molecule has 116 valence electrons. The summed E-state index contributed by atoms with van der Waals surface area (Å²) in [5.41, 5.74) is 4.24. The molecule has 0 radical (unpaired) electrons. The maximum Gasteiger partial charge on any atom is 0.0535 e. The Morgan fingerprint density at radius 3 is 2.50 bits per heavy atom. The van der Waals surface area contributed by atoms with Gasteiger partial charge >= 0.3 is 0 Å². The van der Waals surface area contributed by atoms with Gasteiger partial charge in [0.1, 0.15) is 0 Å². The number of nitrogens with zero attached hydrogens (tertiary/aromatic N) is 1.